The summed E-state index contributed by atoms with van der Waals surface area (Å²) in [5.74, 6) is -4.26. The van der Waals surface area contributed by atoms with Gasteiger partial charge in [-0.05, 0) is 36.8 Å². The number of carbonyl (C=O) groups excluding carboxylic acids is 3. The molecule has 2 aliphatic heterocycles. The van der Waals surface area contributed by atoms with E-state index in [1.165, 1.54) is 43.5 Å². The molecule has 2 aromatic carbocycles. The van der Waals surface area contributed by atoms with Crippen LogP contribution >= 0.6 is 0 Å². The summed E-state index contributed by atoms with van der Waals surface area (Å²) in [5, 5.41) is 41.4. The predicted molar refractivity (Wildman–Crippen MR) is 152 cm³/mol. The van der Waals surface area contributed by atoms with Crippen LogP contribution in [-0.4, -0.2) is 120 Å². The summed E-state index contributed by atoms with van der Waals surface area (Å²) >= 11 is 0. The Bertz CT molecular complexity index is 1600. The molecule has 3 amide bonds. The average molecular weight is 653 g/mol. The van der Waals surface area contributed by atoms with Crippen molar-refractivity contribution in [1.82, 2.24) is 4.90 Å². The first-order valence-corrected chi connectivity index (χ1v) is 15.6. The fourth-order valence-electron chi connectivity index (χ4n) is 5.00. The van der Waals surface area contributed by atoms with Crippen LogP contribution in [0.25, 0.3) is 0 Å². The topological polar surface area (TPSA) is 236 Å². The second kappa shape index (κ2) is 13.5. The lowest BCUT2D eigenvalue weighted by atomic mass is 9.99. The van der Waals surface area contributed by atoms with Gasteiger partial charge in [0.2, 0.25) is 0 Å². The van der Waals surface area contributed by atoms with Crippen molar-refractivity contribution in [3.8, 4) is 11.5 Å². The lowest BCUT2D eigenvalue weighted by Gasteiger charge is -2.38. The number of benzene rings is 2. The first-order valence-electron chi connectivity index (χ1n) is 13.5. The molecule has 0 bridgehead atoms. The van der Waals surface area contributed by atoms with E-state index in [1.807, 2.05) is 0 Å². The third-order valence-electron chi connectivity index (χ3n) is 7.06. The molecule has 4 rings (SSSR count). The number of methoxy groups -OCH3 is 1. The minimum absolute atomic E-state index is 0.108. The number of sulfone groups is 1. The predicted octanol–water partition coefficient (Wildman–Crippen LogP) is -0.677. The number of amides is 3. The lowest BCUT2D eigenvalue weighted by molar-refractivity contribution is -0.292. The summed E-state index contributed by atoms with van der Waals surface area (Å²) in [5.41, 5.74) is -0.167. The van der Waals surface area contributed by atoms with Crippen molar-refractivity contribution in [2.45, 2.75) is 43.7 Å². The molecule has 1 saturated heterocycles. The Morgan fingerprint density at radius 3 is 2.38 bits per heavy atom. The van der Waals surface area contributed by atoms with Crippen LogP contribution in [0.15, 0.2) is 36.4 Å². The van der Waals surface area contributed by atoms with Crippen LogP contribution in [0.1, 0.15) is 39.2 Å². The van der Waals surface area contributed by atoms with E-state index in [0.29, 0.717) is 5.75 Å². The Morgan fingerprint density at radius 1 is 1.04 bits per heavy atom. The molecular weight excluding hydrogens is 620 g/mol. The SMILES string of the molecule is CCOc1cc([C@@H](CS(C)(=O)=O)N2C(=O)c3cccc(NC(=O)COC4OC(C(=O)O)C(O)C(O)C4O)c3C2=O)ccc1OC. The van der Waals surface area contributed by atoms with E-state index in [-0.39, 0.29) is 34.7 Å². The van der Waals surface area contributed by atoms with Crippen molar-refractivity contribution in [3.63, 3.8) is 0 Å². The van der Waals surface area contributed by atoms with Gasteiger partial charge in [0, 0.05) is 6.26 Å². The zero-order valence-corrected chi connectivity index (χ0v) is 25.1. The van der Waals surface area contributed by atoms with Gasteiger partial charge in [-0.15, -0.1) is 0 Å². The van der Waals surface area contributed by atoms with E-state index in [9.17, 15) is 48.0 Å². The number of rotatable bonds is 12. The van der Waals surface area contributed by atoms with E-state index in [0.717, 1.165) is 11.2 Å². The minimum atomic E-state index is -3.76. The number of anilines is 1. The molecule has 244 valence electrons. The third kappa shape index (κ3) is 7.08. The highest BCUT2D eigenvalue weighted by molar-refractivity contribution is 7.90. The van der Waals surface area contributed by atoms with Gasteiger partial charge in [-0.2, -0.15) is 0 Å². The summed E-state index contributed by atoms with van der Waals surface area (Å²) in [6, 6.07) is 7.28. The number of nitrogens with one attached hydrogen (secondary N) is 1. The van der Waals surface area contributed by atoms with Gasteiger partial charge in [0.05, 0.1) is 42.3 Å². The molecule has 2 heterocycles. The number of carboxylic acid groups (broad SMARTS) is 1. The van der Waals surface area contributed by atoms with E-state index in [1.54, 1.807) is 6.92 Å². The molecule has 5 unspecified atom stereocenters. The second-order valence-electron chi connectivity index (χ2n) is 10.3. The number of aliphatic carboxylic acids is 1. The molecule has 0 spiro atoms. The summed E-state index contributed by atoms with van der Waals surface area (Å²) in [7, 11) is -2.34. The Kier molecular flexibility index (Phi) is 10.1. The highest BCUT2D eigenvalue weighted by Gasteiger charge is 2.48. The molecule has 6 atom stereocenters. The zero-order chi connectivity index (χ0) is 33.2. The molecule has 17 heteroatoms. The van der Waals surface area contributed by atoms with Gasteiger partial charge in [0.25, 0.3) is 17.7 Å². The smallest absolute Gasteiger partial charge is 0.335 e. The standard InChI is InChI=1S/C28H32N2O14S/c1-4-42-18-10-13(8-9-17(18)41-2)16(12-45(3,39)40)30-25(35)14-6-5-7-15(20(14)26(30)36)29-19(31)11-43-28-23(34)21(32)22(33)24(44-28)27(37)38/h5-10,16,21-24,28,32-34H,4,11-12H2,1-3H3,(H,29,31)(H,37,38)/t16-,21?,22?,23?,24?,28?/m1/s1. The maximum Gasteiger partial charge on any atom is 0.335 e. The molecule has 0 radical (unpaired) electrons. The van der Waals surface area contributed by atoms with Crippen molar-refractivity contribution < 1.29 is 67.0 Å². The number of aliphatic hydroxyl groups excluding tert-OH is 3. The Hall–Kier alpha value is -4.13. The third-order valence-corrected chi connectivity index (χ3v) is 7.98. The van der Waals surface area contributed by atoms with Crippen molar-refractivity contribution in [3.05, 3.63) is 53.1 Å². The fraction of sp³-hybridized carbons (Fsp3) is 0.429. The molecule has 0 aromatic heterocycles. The number of hydrogen-bond donors (Lipinski definition) is 5. The number of aliphatic hydroxyl groups is 3. The van der Waals surface area contributed by atoms with Crippen molar-refractivity contribution >= 4 is 39.2 Å². The van der Waals surface area contributed by atoms with E-state index in [2.05, 4.69) is 5.32 Å². The van der Waals surface area contributed by atoms with Gasteiger partial charge in [-0.25, -0.2) is 13.2 Å². The maximum atomic E-state index is 13.8. The Balaban J connectivity index is 1.58. The van der Waals surface area contributed by atoms with Crippen LogP contribution in [0.2, 0.25) is 0 Å². The maximum absolute atomic E-state index is 13.8. The second-order valence-corrected chi connectivity index (χ2v) is 12.4. The summed E-state index contributed by atoms with van der Waals surface area (Å²) in [4.78, 5) is 52.2. The van der Waals surface area contributed by atoms with Crippen LogP contribution < -0.4 is 14.8 Å². The average Bonchev–Trinajstić information content (AvgIpc) is 3.23. The highest BCUT2D eigenvalue weighted by Crippen LogP contribution is 2.38. The molecule has 1 fully saturated rings. The van der Waals surface area contributed by atoms with Crippen molar-refractivity contribution in [1.29, 1.82) is 0 Å². The van der Waals surface area contributed by atoms with Crippen LogP contribution in [0.4, 0.5) is 5.69 Å². The van der Waals surface area contributed by atoms with E-state index in [4.69, 9.17) is 18.9 Å². The summed E-state index contributed by atoms with van der Waals surface area (Å²) < 4.78 is 45.9. The highest BCUT2D eigenvalue weighted by atomic mass is 32.2. The van der Waals surface area contributed by atoms with Gasteiger partial charge >= 0.3 is 5.97 Å². The van der Waals surface area contributed by atoms with E-state index < -0.39 is 82.6 Å². The number of ether oxygens (including phenoxy) is 4. The van der Waals surface area contributed by atoms with Crippen LogP contribution in [0, 0.1) is 0 Å². The van der Waals surface area contributed by atoms with E-state index >= 15 is 0 Å². The summed E-state index contributed by atoms with van der Waals surface area (Å²) in [6.07, 6.45) is -8.60. The quantitative estimate of drug-likeness (QED) is 0.179. The van der Waals surface area contributed by atoms with Crippen molar-refractivity contribution in [2.24, 2.45) is 0 Å². The Labute approximate surface area is 257 Å². The monoisotopic (exact) mass is 652 g/mol. The number of nitrogens with zero attached hydrogens (tertiary/aromatic N) is 1. The minimum Gasteiger partial charge on any atom is -0.493 e. The molecule has 2 aliphatic rings. The zero-order valence-electron chi connectivity index (χ0n) is 24.3. The normalized spacial score (nSPS) is 23.8. The van der Waals surface area contributed by atoms with Gasteiger partial charge in [-0.3, -0.25) is 19.3 Å². The molecule has 5 N–H and O–H groups in total. The van der Waals surface area contributed by atoms with Crippen molar-refractivity contribution in [2.75, 3.05) is 37.6 Å². The van der Waals surface area contributed by atoms with Crippen LogP contribution in [0.3, 0.4) is 0 Å². The van der Waals surface area contributed by atoms with Gasteiger partial charge < -0.3 is 44.7 Å². The molecule has 0 aliphatic carbocycles. The molecular formula is C28H32N2O14S. The first kappa shape index (κ1) is 33.8. The van der Waals surface area contributed by atoms with Crippen LogP contribution in [0.5, 0.6) is 11.5 Å². The molecule has 45 heavy (non-hydrogen) atoms. The molecule has 16 nitrogen and oxygen atoms in total. The largest absolute Gasteiger partial charge is 0.493 e. The number of fused-ring (bicyclic) bond motifs is 1. The molecule has 2 aromatic rings. The van der Waals surface area contributed by atoms with Gasteiger partial charge in [0.1, 0.15) is 34.8 Å². The fourth-order valence-corrected chi connectivity index (χ4v) is 5.92. The lowest BCUT2D eigenvalue weighted by Crippen LogP contribution is -2.60. The number of imide groups is 1. The Morgan fingerprint density at radius 2 is 1.76 bits per heavy atom. The van der Waals surface area contributed by atoms with Crippen LogP contribution in [-0.2, 0) is 28.9 Å². The van der Waals surface area contributed by atoms with Gasteiger partial charge in [0.15, 0.2) is 23.9 Å². The van der Waals surface area contributed by atoms with Gasteiger partial charge in [-0.1, -0.05) is 12.1 Å². The number of carbonyl (C=O) groups is 4. The first-order chi connectivity index (χ1) is 21.2. The summed E-state index contributed by atoms with van der Waals surface area (Å²) in [6.45, 7) is 1.12. The number of carboxylic acids is 1. The number of hydrogen-bond acceptors (Lipinski definition) is 13. The molecule has 0 saturated carbocycles.